The van der Waals surface area contributed by atoms with Gasteiger partial charge in [-0.1, -0.05) is 97.1 Å². The molecule has 196 valence electrons. The quantitative estimate of drug-likeness (QED) is 0.137. The SMILES string of the molecule is CO.CO.O=C(/C=C/C=C/c1ccccc1)NCCS.O=C(/C=C/C=C/c1ccccc1)OCCS. The fourth-order valence-electron chi connectivity index (χ4n) is 2.17. The first-order chi connectivity index (χ1) is 17.7. The molecule has 0 saturated carbocycles. The molecule has 0 aliphatic carbocycles. The molecule has 0 aromatic heterocycles. The number of thiol groups is 2. The third kappa shape index (κ3) is 22.7. The Balaban J connectivity index is 0. The summed E-state index contributed by atoms with van der Waals surface area (Å²) in [5, 5.41) is 16.7. The summed E-state index contributed by atoms with van der Waals surface area (Å²) >= 11 is 7.94. The molecule has 0 saturated heterocycles. The van der Waals surface area contributed by atoms with E-state index >= 15 is 0 Å². The molecule has 1 amide bonds. The highest BCUT2D eigenvalue weighted by atomic mass is 32.1. The molecular weight excluding hydrogens is 494 g/mol. The number of ether oxygens (including phenoxy) is 1. The van der Waals surface area contributed by atoms with Crippen LogP contribution in [0.4, 0.5) is 0 Å². The molecule has 6 nitrogen and oxygen atoms in total. The maximum absolute atomic E-state index is 11.1. The number of allylic oxidation sites excluding steroid dienone is 4. The van der Waals surface area contributed by atoms with Crippen molar-refractivity contribution in [2.24, 2.45) is 0 Å². The Morgan fingerprint density at radius 1 is 0.750 bits per heavy atom. The van der Waals surface area contributed by atoms with Crippen molar-refractivity contribution < 1.29 is 24.5 Å². The Morgan fingerprint density at radius 2 is 1.22 bits per heavy atom. The van der Waals surface area contributed by atoms with Gasteiger partial charge in [-0.25, -0.2) is 4.79 Å². The van der Waals surface area contributed by atoms with Crippen LogP contribution in [-0.4, -0.2) is 61.0 Å². The highest BCUT2D eigenvalue weighted by Crippen LogP contribution is 2.01. The van der Waals surface area contributed by atoms with E-state index in [0.717, 1.165) is 25.3 Å². The monoisotopic (exact) mass is 531 g/mol. The van der Waals surface area contributed by atoms with Crippen LogP contribution in [-0.2, 0) is 14.3 Å². The summed E-state index contributed by atoms with van der Waals surface area (Å²) in [6.07, 6.45) is 13.8. The van der Waals surface area contributed by atoms with Crippen LogP contribution < -0.4 is 5.32 Å². The van der Waals surface area contributed by atoms with Gasteiger partial charge in [0.05, 0.1) is 0 Å². The topological polar surface area (TPSA) is 95.9 Å². The number of hydrogen-bond donors (Lipinski definition) is 5. The van der Waals surface area contributed by atoms with E-state index in [2.05, 4.69) is 30.6 Å². The Morgan fingerprint density at radius 3 is 1.67 bits per heavy atom. The van der Waals surface area contributed by atoms with E-state index < -0.39 is 0 Å². The maximum Gasteiger partial charge on any atom is 0.330 e. The Bertz CT molecular complexity index is 823. The van der Waals surface area contributed by atoms with Gasteiger partial charge in [0.2, 0.25) is 5.91 Å². The first-order valence-corrected chi connectivity index (χ1v) is 12.3. The normalized spacial score (nSPS) is 10.2. The van der Waals surface area contributed by atoms with E-state index in [1.807, 2.05) is 78.9 Å². The minimum atomic E-state index is -0.341. The van der Waals surface area contributed by atoms with Crippen molar-refractivity contribution >= 4 is 49.3 Å². The summed E-state index contributed by atoms with van der Waals surface area (Å²) in [5.74, 6) is 0.761. The number of hydrogen-bond acceptors (Lipinski definition) is 7. The zero-order valence-corrected chi connectivity index (χ0v) is 22.5. The van der Waals surface area contributed by atoms with Gasteiger partial charge in [0.1, 0.15) is 6.61 Å². The van der Waals surface area contributed by atoms with E-state index in [4.69, 9.17) is 14.9 Å². The van der Waals surface area contributed by atoms with Crippen molar-refractivity contribution in [3.63, 3.8) is 0 Å². The van der Waals surface area contributed by atoms with Crippen molar-refractivity contribution in [2.75, 3.05) is 38.9 Å². The number of aliphatic hydroxyl groups is 2. The molecule has 2 aromatic rings. The van der Waals surface area contributed by atoms with Crippen LogP contribution in [0.2, 0.25) is 0 Å². The second kappa shape index (κ2) is 28.2. The molecule has 8 heteroatoms. The van der Waals surface area contributed by atoms with E-state index in [1.165, 1.54) is 12.2 Å². The molecule has 2 aromatic carbocycles. The van der Waals surface area contributed by atoms with Gasteiger partial charge in [-0.15, -0.1) is 0 Å². The summed E-state index contributed by atoms with van der Waals surface area (Å²) in [5.41, 5.74) is 2.21. The zero-order chi connectivity index (χ0) is 27.3. The molecule has 0 bridgehead atoms. The van der Waals surface area contributed by atoms with Gasteiger partial charge in [-0.2, -0.15) is 25.3 Å². The highest BCUT2D eigenvalue weighted by molar-refractivity contribution is 7.80. The van der Waals surface area contributed by atoms with Crippen LogP contribution in [0.3, 0.4) is 0 Å². The number of amides is 1. The van der Waals surface area contributed by atoms with Crippen LogP contribution >= 0.6 is 25.3 Å². The number of aliphatic hydroxyl groups excluding tert-OH is 2. The average molecular weight is 532 g/mol. The lowest BCUT2D eigenvalue weighted by Crippen LogP contribution is -2.22. The first-order valence-electron chi connectivity index (χ1n) is 11.0. The van der Waals surface area contributed by atoms with Gasteiger partial charge < -0.3 is 20.3 Å². The largest absolute Gasteiger partial charge is 0.462 e. The number of rotatable bonds is 10. The van der Waals surface area contributed by atoms with Crippen molar-refractivity contribution in [2.45, 2.75) is 0 Å². The van der Waals surface area contributed by atoms with Gasteiger partial charge in [0, 0.05) is 44.4 Å². The molecule has 0 fully saturated rings. The molecule has 0 spiro atoms. The molecule has 0 aliphatic heterocycles. The lowest BCUT2D eigenvalue weighted by Gasteiger charge is -1.95. The first kappa shape index (κ1) is 35.1. The third-order valence-corrected chi connectivity index (χ3v) is 4.03. The maximum atomic E-state index is 11.1. The number of benzene rings is 2. The summed E-state index contributed by atoms with van der Waals surface area (Å²) in [7, 11) is 2.00. The van der Waals surface area contributed by atoms with Crippen molar-refractivity contribution in [1.82, 2.24) is 5.32 Å². The molecule has 0 heterocycles. The van der Waals surface area contributed by atoms with Crippen molar-refractivity contribution in [1.29, 1.82) is 0 Å². The van der Waals surface area contributed by atoms with Crippen molar-refractivity contribution in [3.05, 3.63) is 108 Å². The van der Waals surface area contributed by atoms with Crippen LogP contribution in [0.5, 0.6) is 0 Å². The Kier molecular flexibility index (Phi) is 27.5. The van der Waals surface area contributed by atoms with Gasteiger partial charge in [-0.05, 0) is 11.1 Å². The number of carbonyl (C=O) groups excluding carboxylic acids is 2. The second-order valence-electron chi connectivity index (χ2n) is 6.16. The van der Waals surface area contributed by atoms with Gasteiger partial charge in [-0.3, -0.25) is 4.79 Å². The molecular formula is C28H37NO5S2. The Hall–Kier alpha value is -3.04. The molecule has 0 aliphatic rings. The third-order valence-electron chi connectivity index (χ3n) is 3.63. The number of carbonyl (C=O) groups is 2. The minimum absolute atomic E-state index is 0.0910. The van der Waals surface area contributed by atoms with Gasteiger partial charge in [0.25, 0.3) is 0 Å². The van der Waals surface area contributed by atoms with Crippen LogP contribution in [0.15, 0.2) is 97.1 Å². The van der Waals surface area contributed by atoms with E-state index in [0.29, 0.717) is 24.7 Å². The summed E-state index contributed by atoms with van der Waals surface area (Å²) in [6, 6.07) is 19.8. The lowest BCUT2D eigenvalue weighted by molar-refractivity contribution is -0.137. The molecule has 0 atom stereocenters. The van der Waals surface area contributed by atoms with Gasteiger partial charge >= 0.3 is 5.97 Å². The molecule has 0 radical (unpaired) electrons. The number of nitrogens with one attached hydrogen (secondary N) is 1. The smallest absolute Gasteiger partial charge is 0.330 e. The average Bonchev–Trinajstić information content (AvgIpc) is 2.95. The predicted molar refractivity (Wildman–Crippen MR) is 157 cm³/mol. The standard InChI is InChI=1S/C13H15NOS.C13H14O2S.2CH4O/c15-13(14-10-11-16)9-5-4-8-12-6-2-1-3-7-12;14-13(15-10-11-16)9-5-4-8-12-6-2-1-3-7-12;2*1-2/h1-9,16H,10-11H2,(H,14,15);1-9,16H,10-11H2;2*2H,1H3/b2*8-4+,9-5+;;. The van der Waals surface area contributed by atoms with Gasteiger partial charge in [0.15, 0.2) is 0 Å². The fourth-order valence-corrected chi connectivity index (χ4v) is 2.37. The van der Waals surface area contributed by atoms with Crippen LogP contribution in [0, 0.1) is 0 Å². The minimum Gasteiger partial charge on any atom is -0.462 e. The van der Waals surface area contributed by atoms with Crippen molar-refractivity contribution in [3.8, 4) is 0 Å². The van der Waals surface area contributed by atoms with Crippen LogP contribution in [0.25, 0.3) is 12.2 Å². The molecule has 36 heavy (non-hydrogen) atoms. The second-order valence-corrected chi connectivity index (χ2v) is 7.06. The lowest BCUT2D eigenvalue weighted by atomic mass is 10.2. The summed E-state index contributed by atoms with van der Waals surface area (Å²) < 4.78 is 4.81. The Labute approximate surface area is 225 Å². The summed E-state index contributed by atoms with van der Waals surface area (Å²) in [4.78, 5) is 22.2. The van der Waals surface area contributed by atoms with E-state index in [-0.39, 0.29) is 11.9 Å². The van der Waals surface area contributed by atoms with E-state index in [1.54, 1.807) is 18.2 Å². The molecule has 0 unspecified atom stereocenters. The fraction of sp³-hybridized carbons (Fsp3) is 0.214. The van der Waals surface area contributed by atoms with E-state index in [9.17, 15) is 9.59 Å². The predicted octanol–water partition coefficient (Wildman–Crippen LogP) is 4.25. The summed E-state index contributed by atoms with van der Waals surface area (Å²) in [6.45, 7) is 0.934. The number of esters is 1. The van der Waals surface area contributed by atoms with Crippen LogP contribution in [0.1, 0.15) is 11.1 Å². The zero-order valence-electron chi connectivity index (χ0n) is 20.7. The molecule has 2 rings (SSSR count). The molecule has 3 N–H and O–H groups in total. The highest BCUT2D eigenvalue weighted by Gasteiger charge is 1.92.